The van der Waals surface area contributed by atoms with E-state index in [1.807, 2.05) is 50.2 Å². The van der Waals surface area contributed by atoms with Gasteiger partial charge in [0.05, 0.1) is 0 Å². The van der Waals surface area contributed by atoms with Gasteiger partial charge in [0.2, 0.25) is 0 Å². The lowest BCUT2D eigenvalue weighted by Crippen LogP contribution is -2.07. The molecule has 1 heteroatoms. The van der Waals surface area contributed by atoms with Gasteiger partial charge in [0.1, 0.15) is 0 Å². The fourth-order valence-corrected chi connectivity index (χ4v) is 0.427. The van der Waals surface area contributed by atoms with Crippen LogP contribution in [0.1, 0.15) is 6.92 Å². The van der Waals surface area contributed by atoms with Crippen molar-refractivity contribution in [3.8, 4) is 0 Å². The van der Waals surface area contributed by atoms with Crippen LogP contribution in [0.2, 0.25) is 0 Å². The summed E-state index contributed by atoms with van der Waals surface area (Å²) in [7, 11) is 3.95. The molecule has 0 radical (unpaired) electrons. The molecule has 0 saturated heterocycles. The van der Waals surface area contributed by atoms with Gasteiger partial charge in [-0.2, -0.15) is 0 Å². The molecular weight excluding hydrogens is 122 g/mol. The predicted molar refractivity (Wildman–Crippen MR) is 46.8 cm³/mol. The highest BCUT2D eigenvalue weighted by atomic mass is 15.1. The summed E-state index contributed by atoms with van der Waals surface area (Å²) in [5, 5.41) is 0. The van der Waals surface area contributed by atoms with E-state index in [9.17, 15) is 0 Å². The van der Waals surface area contributed by atoms with Crippen LogP contribution >= 0.6 is 0 Å². The summed E-state index contributed by atoms with van der Waals surface area (Å²) in [4.78, 5) is 1.97. The van der Waals surface area contributed by atoms with E-state index in [1.54, 1.807) is 0 Å². The summed E-state index contributed by atoms with van der Waals surface area (Å²) >= 11 is 0. The molecule has 0 aliphatic rings. The molecule has 0 unspecified atom stereocenters. The summed E-state index contributed by atoms with van der Waals surface area (Å²) in [6.45, 7) is 5.82. The van der Waals surface area contributed by atoms with Gasteiger partial charge in [-0.05, 0) is 13.0 Å². The van der Waals surface area contributed by atoms with Crippen LogP contribution in [0, 0.1) is 0 Å². The average Bonchev–Trinajstić information content (AvgIpc) is 1.88. The third-order valence-electron chi connectivity index (χ3n) is 1.17. The van der Waals surface area contributed by atoms with Crippen molar-refractivity contribution in [2.45, 2.75) is 6.92 Å². The molecule has 56 valence electrons. The molecule has 1 nitrogen and oxygen atoms in total. The molecule has 0 aromatic rings. The number of likely N-dealkylation sites (N-methyl/N-ethyl adjacent to an activating group) is 1. The molecular formula is C9H15N. The predicted octanol–water partition coefficient (Wildman–Crippen LogP) is 2.19. The zero-order chi connectivity index (χ0) is 7.98. The lowest BCUT2D eigenvalue weighted by molar-refractivity contribution is 0.532. The fraction of sp³-hybridized carbons (Fsp3) is 0.333. The van der Waals surface area contributed by atoms with Crippen molar-refractivity contribution in [3.63, 3.8) is 0 Å². The van der Waals surface area contributed by atoms with Crippen LogP contribution < -0.4 is 0 Å². The van der Waals surface area contributed by atoms with E-state index in [1.165, 1.54) is 0 Å². The van der Waals surface area contributed by atoms with E-state index < -0.39 is 0 Å². The van der Waals surface area contributed by atoms with Crippen molar-refractivity contribution in [2.24, 2.45) is 0 Å². The minimum absolute atomic E-state index is 1.01. The molecule has 0 spiro atoms. The lowest BCUT2D eigenvalue weighted by Gasteiger charge is -2.10. The maximum Gasteiger partial charge on any atom is 0.0287 e. The largest absolute Gasteiger partial charge is 0.378 e. The number of hydrogen-bond acceptors (Lipinski definition) is 1. The highest BCUT2D eigenvalue weighted by Crippen LogP contribution is 1.95. The maximum absolute atomic E-state index is 3.83. The smallest absolute Gasteiger partial charge is 0.0287 e. The van der Waals surface area contributed by atoms with Gasteiger partial charge < -0.3 is 4.90 Å². The first-order valence-corrected chi connectivity index (χ1v) is 3.34. The van der Waals surface area contributed by atoms with E-state index in [0.29, 0.717) is 0 Å². The maximum atomic E-state index is 3.83. The van der Waals surface area contributed by atoms with Crippen LogP contribution in [0.4, 0.5) is 0 Å². The van der Waals surface area contributed by atoms with Crippen LogP contribution in [0.3, 0.4) is 0 Å². The van der Waals surface area contributed by atoms with Gasteiger partial charge in [-0.3, -0.25) is 0 Å². The van der Waals surface area contributed by atoms with Crippen LogP contribution in [0.15, 0.2) is 36.6 Å². The standard InChI is InChI=1S/C9H15N/c1-5-6-7-8-9(2)10(3)4/h5-8H,2H2,1,3-4H3/b6-5-,8-7-. The molecule has 0 aliphatic heterocycles. The monoisotopic (exact) mass is 137 g/mol. The molecule has 0 saturated carbocycles. The highest BCUT2D eigenvalue weighted by molar-refractivity contribution is 5.17. The molecule has 0 heterocycles. The molecule has 10 heavy (non-hydrogen) atoms. The Hall–Kier alpha value is -0.980. The molecule has 0 aliphatic carbocycles. The second kappa shape index (κ2) is 4.86. The van der Waals surface area contributed by atoms with Crippen LogP contribution in [-0.2, 0) is 0 Å². The molecule has 0 fully saturated rings. The van der Waals surface area contributed by atoms with Gasteiger partial charge in [0, 0.05) is 19.8 Å². The van der Waals surface area contributed by atoms with Crippen molar-refractivity contribution in [2.75, 3.05) is 14.1 Å². The first kappa shape index (κ1) is 9.02. The van der Waals surface area contributed by atoms with E-state index in [2.05, 4.69) is 6.58 Å². The highest BCUT2D eigenvalue weighted by Gasteiger charge is 1.85. The Labute approximate surface area is 63.3 Å². The Morgan fingerprint density at radius 1 is 1.30 bits per heavy atom. The molecule has 0 N–H and O–H groups in total. The van der Waals surface area contributed by atoms with Gasteiger partial charge in [0.15, 0.2) is 0 Å². The number of hydrogen-bond donors (Lipinski definition) is 0. The average molecular weight is 137 g/mol. The van der Waals surface area contributed by atoms with Crippen molar-refractivity contribution >= 4 is 0 Å². The molecule has 0 aromatic heterocycles. The van der Waals surface area contributed by atoms with Gasteiger partial charge in [-0.15, -0.1) is 0 Å². The summed E-state index contributed by atoms with van der Waals surface area (Å²) in [5.74, 6) is 0. The van der Waals surface area contributed by atoms with Crippen LogP contribution in [0.25, 0.3) is 0 Å². The van der Waals surface area contributed by atoms with Crippen molar-refractivity contribution in [1.29, 1.82) is 0 Å². The first-order valence-electron chi connectivity index (χ1n) is 3.34. The van der Waals surface area contributed by atoms with Crippen molar-refractivity contribution < 1.29 is 0 Å². The molecule has 0 aromatic carbocycles. The van der Waals surface area contributed by atoms with E-state index in [-0.39, 0.29) is 0 Å². The minimum atomic E-state index is 1.01. The Bertz CT molecular complexity index is 152. The summed E-state index contributed by atoms with van der Waals surface area (Å²) < 4.78 is 0. The van der Waals surface area contributed by atoms with Gasteiger partial charge >= 0.3 is 0 Å². The van der Waals surface area contributed by atoms with Crippen LogP contribution in [0.5, 0.6) is 0 Å². The second-order valence-corrected chi connectivity index (χ2v) is 2.27. The topological polar surface area (TPSA) is 3.24 Å². The first-order chi connectivity index (χ1) is 4.68. The summed E-state index contributed by atoms with van der Waals surface area (Å²) in [6.07, 6.45) is 7.91. The summed E-state index contributed by atoms with van der Waals surface area (Å²) in [5.41, 5.74) is 1.01. The Balaban J connectivity index is 3.78. The summed E-state index contributed by atoms with van der Waals surface area (Å²) in [6, 6.07) is 0. The Kier molecular flexibility index (Phi) is 4.38. The zero-order valence-electron chi connectivity index (χ0n) is 6.96. The third-order valence-corrected chi connectivity index (χ3v) is 1.17. The number of nitrogens with zero attached hydrogens (tertiary/aromatic N) is 1. The molecule has 0 rings (SSSR count). The van der Waals surface area contributed by atoms with Gasteiger partial charge in [-0.25, -0.2) is 0 Å². The van der Waals surface area contributed by atoms with E-state index in [4.69, 9.17) is 0 Å². The number of rotatable bonds is 3. The normalized spacial score (nSPS) is 11.1. The lowest BCUT2D eigenvalue weighted by atomic mass is 10.4. The van der Waals surface area contributed by atoms with Crippen molar-refractivity contribution in [1.82, 2.24) is 4.90 Å². The fourth-order valence-electron chi connectivity index (χ4n) is 0.427. The Morgan fingerprint density at radius 2 is 1.90 bits per heavy atom. The van der Waals surface area contributed by atoms with Crippen LogP contribution in [-0.4, -0.2) is 19.0 Å². The minimum Gasteiger partial charge on any atom is -0.378 e. The second-order valence-electron chi connectivity index (χ2n) is 2.27. The Morgan fingerprint density at radius 3 is 2.30 bits per heavy atom. The quantitative estimate of drug-likeness (QED) is 0.539. The molecule has 0 bridgehead atoms. The van der Waals surface area contributed by atoms with E-state index in [0.717, 1.165) is 5.70 Å². The van der Waals surface area contributed by atoms with Crippen molar-refractivity contribution in [3.05, 3.63) is 36.6 Å². The molecule has 0 amide bonds. The number of allylic oxidation sites excluding steroid dienone is 4. The SMILES string of the molecule is C=C(/C=C\C=C/C)N(C)C. The zero-order valence-corrected chi connectivity index (χ0v) is 6.96. The van der Waals surface area contributed by atoms with E-state index >= 15 is 0 Å². The van der Waals surface area contributed by atoms with Gasteiger partial charge in [-0.1, -0.05) is 24.8 Å². The molecule has 0 atom stereocenters. The third kappa shape index (κ3) is 3.96. The van der Waals surface area contributed by atoms with Gasteiger partial charge in [0.25, 0.3) is 0 Å².